The molecule has 2 atom stereocenters. The summed E-state index contributed by atoms with van der Waals surface area (Å²) in [4.78, 5) is 10.3. The largest absolute Gasteiger partial charge is 0.480 e. The fourth-order valence-electron chi connectivity index (χ4n) is 0.952. The molecule has 0 saturated heterocycles. The standard InChI is InChI=1S/C8H17NO2S.C3H8/c1-2-3-4-6(12)5-7(9)8(10)11;1-3-2/h6-7,12H,2-5,9H2,1H3,(H,10,11);3H2,1-2H3. The smallest absolute Gasteiger partial charge is 0.320 e. The van der Waals surface area contributed by atoms with Crippen LogP contribution in [-0.2, 0) is 4.79 Å². The van der Waals surface area contributed by atoms with Crippen molar-refractivity contribution in [2.24, 2.45) is 5.73 Å². The van der Waals surface area contributed by atoms with E-state index in [-0.39, 0.29) is 5.25 Å². The van der Waals surface area contributed by atoms with Crippen molar-refractivity contribution in [3.05, 3.63) is 0 Å². The summed E-state index contributed by atoms with van der Waals surface area (Å²) in [6.45, 7) is 6.34. The van der Waals surface area contributed by atoms with Crippen LogP contribution in [-0.4, -0.2) is 22.4 Å². The van der Waals surface area contributed by atoms with Crippen molar-refractivity contribution in [3.8, 4) is 0 Å². The van der Waals surface area contributed by atoms with Crippen molar-refractivity contribution < 1.29 is 9.90 Å². The second-order valence-electron chi connectivity index (χ2n) is 3.68. The quantitative estimate of drug-likeness (QED) is 0.620. The van der Waals surface area contributed by atoms with Gasteiger partial charge in [0.1, 0.15) is 6.04 Å². The lowest BCUT2D eigenvalue weighted by molar-refractivity contribution is -0.138. The van der Waals surface area contributed by atoms with Crippen LogP contribution in [0.4, 0.5) is 0 Å². The molecule has 0 aliphatic carbocycles. The third-order valence-electron chi connectivity index (χ3n) is 1.73. The van der Waals surface area contributed by atoms with Crippen LogP contribution in [0.2, 0.25) is 0 Å². The minimum Gasteiger partial charge on any atom is -0.480 e. The summed E-state index contributed by atoms with van der Waals surface area (Å²) >= 11 is 4.25. The van der Waals surface area contributed by atoms with Crippen molar-refractivity contribution in [2.45, 2.75) is 64.2 Å². The van der Waals surface area contributed by atoms with Gasteiger partial charge in [0.15, 0.2) is 0 Å². The van der Waals surface area contributed by atoms with Gasteiger partial charge in [-0.25, -0.2) is 0 Å². The molecule has 3 nitrogen and oxygen atoms in total. The number of thiol groups is 1. The fourth-order valence-corrected chi connectivity index (χ4v) is 1.36. The van der Waals surface area contributed by atoms with Crippen LogP contribution in [0.25, 0.3) is 0 Å². The van der Waals surface area contributed by atoms with E-state index in [1.54, 1.807) is 0 Å². The van der Waals surface area contributed by atoms with Gasteiger partial charge in [-0.3, -0.25) is 4.79 Å². The molecule has 0 aliphatic heterocycles. The first kappa shape index (κ1) is 17.2. The van der Waals surface area contributed by atoms with Crippen molar-refractivity contribution >= 4 is 18.6 Å². The zero-order valence-electron chi connectivity index (χ0n) is 10.1. The molecule has 4 heteroatoms. The molecule has 0 saturated carbocycles. The number of nitrogens with two attached hydrogens (primary N) is 1. The van der Waals surface area contributed by atoms with Gasteiger partial charge in [0.05, 0.1) is 0 Å². The molecule has 0 aromatic heterocycles. The second kappa shape index (κ2) is 11.9. The normalized spacial score (nSPS) is 13.7. The van der Waals surface area contributed by atoms with Gasteiger partial charge < -0.3 is 10.8 Å². The van der Waals surface area contributed by atoms with E-state index >= 15 is 0 Å². The summed E-state index contributed by atoms with van der Waals surface area (Å²) in [5, 5.41) is 8.62. The molecule has 3 N–H and O–H groups in total. The molecule has 0 amide bonds. The summed E-state index contributed by atoms with van der Waals surface area (Å²) < 4.78 is 0. The Labute approximate surface area is 98.8 Å². The van der Waals surface area contributed by atoms with Gasteiger partial charge in [-0.05, 0) is 12.8 Å². The maximum Gasteiger partial charge on any atom is 0.320 e. The Hall–Kier alpha value is -0.220. The van der Waals surface area contributed by atoms with Gasteiger partial charge in [0, 0.05) is 5.25 Å². The minimum atomic E-state index is -0.939. The average molecular weight is 235 g/mol. The van der Waals surface area contributed by atoms with E-state index < -0.39 is 12.0 Å². The molecule has 0 aliphatic rings. The number of carbonyl (C=O) groups is 1. The highest BCUT2D eigenvalue weighted by molar-refractivity contribution is 7.80. The molecule has 0 radical (unpaired) electrons. The van der Waals surface area contributed by atoms with Gasteiger partial charge in [-0.15, -0.1) is 0 Å². The van der Waals surface area contributed by atoms with Crippen LogP contribution >= 0.6 is 12.6 Å². The lowest BCUT2D eigenvalue weighted by atomic mass is 10.1. The number of carboxylic acids is 1. The van der Waals surface area contributed by atoms with E-state index in [2.05, 4.69) is 33.4 Å². The van der Waals surface area contributed by atoms with Gasteiger partial charge in [-0.2, -0.15) is 12.6 Å². The van der Waals surface area contributed by atoms with Crippen LogP contribution in [0.5, 0.6) is 0 Å². The third-order valence-corrected chi connectivity index (χ3v) is 2.20. The molecule has 0 aromatic carbocycles. The molecule has 0 bridgehead atoms. The third kappa shape index (κ3) is 13.8. The molecule has 0 aromatic rings. The van der Waals surface area contributed by atoms with E-state index in [9.17, 15) is 4.79 Å². The highest BCUT2D eigenvalue weighted by Gasteiger charge is 2.15. The van der Waals surface area contributed by atoms with Gasteiger partial charge in [0.2, 0.25) is 0 Å². The lowest BCUT2D eigenvalue weighted by Gasteiger charge is -2.12. The van der Waals surface area contributed by atoms with Gasteiger partial charge in [0.25, 0.3) is 0 Å². The van der Waals surface area contributed by atoms with Gasteiger partial charge in [-0.1, -0.05) is 40.0 Å². The topological polar surface area (TPSA) is 63.3 Å². The lowest BCUT2D eigenvalue weighted by Crippen LogP contribution is -2.32. The molecule has 2 unspecified atom stereocenters. The SMILES string of the molecule is CCC.CCCCC(S)CC(N)C(=O)O. The zero-order chi connectivity index (χ0) is 12.3. The Bertz CT molecular complexity index is 154. The summed E-state index contributed by atoms with van der Waals surface area (Å²) in [6.07, 6.45) is 4.85. The number of rotatable bonds is 6. The summed E-state index contributed by atoms with van der Waals surface area (Å²) in [7, 11) is 0. The maximum absolute atomic E-state index is 10.3. The first-order chi connectivity index (χ1) is 6.99. The minimum absolute atomic E-state index is 0.121. The molecular formula is C11H25NO2S. The van der Waals surface area contributed by atoms with Crippen LogP contribution in [0.15, 0.2) is 0 Å². The molecule has 15 heavy (non-hydrogen) atoms. The Morgan fingerprint density at radius 3 is 2.20 bits per heavy atom. The van der Waals surface area contributed by atoms with E-state index in [4.69, 9.17) is 10.8 Å². The maximum atomic E-state index is 10.3. The Morgan fingerprint density at radius 2 is 1.87 bits per heavy atom. The van der Waals surface area contributed by atoms with E-state index in [0.717, 1.165) is 19.3 Å². The Kier molecular flexibility index (Phi) is 13.6. The highest BCUT2D eigenvalue weighted by Crippen LogP contribution is 2.12. The average Bonchev–Trinajstić information content (AvgIpc) is 2.15. The Morgan fingerprint density at radius 1 is 1.40 bits per heavy atom. The van der Waals surface area contributed by atoms with Crippen molar-refractivity contribution in [1.29, 1.82) is 0 Å². The predicted octanol–water partition coefficient (Wildman–Crippen LogP) is 2.69. The van der Waals surface area contributed by atoms with E-state index in [0.29, 0.717) is 6.42 Å². The molecular weight excluding hydrogens is 210 g/mol. The Balaban J connectivity index is 0. The number of hydrogen-bond acceptors (Lipinski definition) is 3. The molecule has 92 valence electrons. The van der Waals surface area contributed by atoms with E-state index in [1.807, 2.05) is 0 Å². The van der Waals surface area contributed by atoms with E-state index in [1.165, 1.54) is 6.42 Å². The first-order valence-electron chi connectivity index (χ1n) is 5.65. The summed E-state index contributed by atoms with van der Waals surface area (Å²) in [5.41, 5.74) is 5.34. The molecule has 0 rings (SSSR count). The molecule has 0 fully saturated rings. The van der Waals surface area contributed by atoms with Crippen molar-refractivity contribution in [3.63, 3.8) is 0 Å². The molecule has 0 heterocycles. The van der Waals surface area contributed by atoms with Gasteiger partial charge >= 0.3 is 5.97 Å². The second-order valence-corrected chi connectivity index (χ2v) is 4.41. The monoisotopic (exact) mass is 235 g/mol. The first-order valence-corrected chi connectivity index (χ1v) is 6.17. The number of aliphatic carboxylic acids is 1. The molecule has 0 spiro atoms. The van der Waals surface area contributed by atoms with Crippen LogP contribution < -0.4 is 5.73 Å². The van der Waals surface area contributed by atoms with Crippen LogP contribution in [0, 0.1) is 0 Å². The number of carboxylic acid groups (broad SMARTS) is 1. The van der Waals surface area contributed by atoms with Crippen LogP contribution in [0.1, 0.15) is 52.9 Å². The number of hydrogen-bond donors (Lipinski definition) is 3. The predicted molar refractivity (Wildman–Crippen MR) is 68.5 cm³/mol. The number of unbranched alkanes of at least 4 members (excludes halogenated alkanes) is 1. The van der Waals surface area contributed by atoms with Crippen molar-refractivity contribution in [2.75, 3.05) is 0 Å². The summed E-state index contributed by atoms with van der Waals surface area (Å²) in [5.74, 6) is -0.939. The zero-order valence-corrected chi connectivity index (χ0v) is 11.0. The van der Waals surface area contributed by atoms with Crippen LogP contribution in [0.3, 0.4) is 0 Å². The highest BCUT2D eigenvalue weighted by atomic mass is 32.1. The summed E-state index contributed by atoms with van der Waals surface area (Å²) in [6, 6.07) is -0.760. The van der Waals surface area contributed by atoms with Crippen molar-refractivity contribution in [1.82, 2.24) is 0 Å². The fraction of sp³-hybridized carbons (Fsp3) is 0.909.